The summed E-state index contributed by atoms with van der Waals surface area (Å²) in [7, 11) is 0. The molecule has 0 unspecified atom stereocenters. The molecule has 3 nitrogen and oxygen atoms in total. The number of carbonyl (C=O) groups is 1. The van der Waals surface area contributed by atoms with Gasteiger partial charge in [-0.2, -0.15) is 0 Å². The molecule has 0 radical (unpaired) electrons. The van der Waals surface area contributed by atoms with Crippen LogP contribution >= 0.6 is 24.0 Å². The van der Waals surface area contributed by atoms with E-state index in [-0.39, 0.29) is 5.91 Å². The molecular weight excluding hydrogens is 338 g/mol. The van der Waals surface area contributed by atoms with Crippen molar-refractivity contribution in [3.05, 3.63) is 64.6 Å². The smallest absolute Gasteiger partial charge is 0.270 e. The van der Waals surface area contributed by atoms with Crippen LogP contribution in [0.4, 0.5) is 5.69 Å². The van der Waals surface area contributed by atoms with Gasteiger partial charge in [0.25, 0.3) is 5.91 Å². The quantitative estimate of drug-likeness (QED) is 0.582. The summed E-state index contributed by atoms with van der Waals surface area (Å²) in [5, 5.41) is 0. The van der Waals surface area contributed by atoms with Gasteiger partial charge in [-0.1, -0.05) is 53.8 Å². The van der Waals surface area contributed by atoms with E-state index >= 15 is 0 Å². The molecule has 1 saturated heterocycles. The first kappa shape index (κ1) is 16.7. The van der Waals surface area contributed by atoms with Crippen molar-refractivity contribution >= 4 is 46.0 Å². The Morgan fingerprint density at radius 1 is 1.21 bits per heavy atom. The van der Waals surface area contributed by atoms with Gasteiger partial charge in [0.15, 0.2) is 4.32 Å². The summed E-state index contributed by atoms with van der Waals surface area (Å²) in [5.41, 5.74) is 2.92. The Balaban J connectivity index is 1.86. The summed E-state index contributed by atoms with van der Waals surface area (Å²) in [4.78, 5) is 14.9. The first-order chi connectivity index (χ1) is 11.6. The van der Waals surface area contributed by atoms with Crippen molar-refractivity contribution in [3.63, 3.8) is 0 Å². The van der Waals surface area contributed by atoms with Crippen molar-refractivity contribution < 1.29 is 9.53 Å². The summed E-state index contributed by atoms with van der Waals surface area (Å²) in [5.74, 6) is 0.692. The minimum Gasteiger partial charge on any atom is -0.494 e. The fourth-order valence-electron chi connectivity index (χ4n) is 2.46. The number of hydrogen-bond acceptors (Lipinski definition) is 4. The molecule has 0 saturated carbocycles. The van der Waals surface area contributed by atoms with E-state index in [2.05, 4.69) is 0 Å². The maximum Gasteiger partial charge on any atom is 0.270 e. The average molecular weight is 355 g/mol. The largest absolute Gasteiger partial charge is 0.494 e. The Morgan fingerprint density at radius 3 is 2.62 bits per heavy atom. The molecule has 0 spiro atoms. The predicted octanol–water partition coefficient (Wildman–Crippen LogP) is 4.80. The lowest BCUT2D eigenvalue weighted by molar-refractivity contribution is -0.113. The molecule has 2 aromatic rings. The molecule has 0 atom stereocenters. The molecule has 5 heteroatoms. The van der Waals surface area contributed by atoms with Crippen LogP contribution in [0, 0.1) is 6.92 Å². The predicted molar refractivity (Wildman–Crippen MR) is 104 cm³/mol. The Labute approximate surface area is 151 Å². The number of thioether (sulfide) groups is 1. The molecule has 0 aromatic heterocycles. The minimum atomic E-state index is -0.0873. The van der Waals surface area contributed by atoms with Gasteiger partial charge in [0.1, 0.15) is 5.75 Å². The lowest BCUT2D eigenvalue weighted by atomic mass is 10.1. The first-order valence-electron chi connectivity index (χ1n) is 7.66. The van der Waals surface area contributed by atoms with Gasteiger partial charge < -0.3 is 4.74 Å². The highest BCUT2D eigenvalue weighted by Crippen LogP contribution is 2.36. The van der Waals surface area contributed by atoms with Crippen LogP contribution in [0.25, 0.3) is 6.08 Å². The molecule has 0 bridgehead atoms. The van der Waals surface area contributed by atoms with Crippen LogP contribution in [-0.2, 0) is 4.79 Å². The fraction of sp³-hybridized carbons (Fsp3) is 0.158. The number of amides is 1. The third kappa shape index (κ3) is 3.52. The Bertz CT molecular complexity index is 812. The van der Waals surface area contributed by atoms with Crippen LogP contribution in [0.2, 0.25) is 0 Å². The standard InChI is InChI=1S/C19H17NO2S2/c1-3-22-16-9-7-15(8-10-16)20-18(21)17(24-19(20)23)12-14-6-4-5-13(2)11-14/h4-12H,3H2,1-2H3/b17-12-. The molecule has 1 aliphatic rings. The van der Waals surface area contributed by atoms with Crippen molar-refractivity contribution in [3.8, 4) is 5.75 Å². The number of hydrogen-bond donors (Lipinski definition) is 0. The molecule has 3 rings (SSSR count). The third-order valence-electron chi connectivity index (χ3n) is 3.54. The lowest BCUT2D eigenvalue weighted by Crippen LogP contribution is -2.27. The lowest BCUT2D eigenvalue weighted by Gasteiger charge is -2.15. The van der Waals surface area contributed by atoms with Gasteiger partial charge in [-0.15, -0.1) is 0 Å². The van der Waals surface area contributed by atoms with Crippen LogP contribution in [0.5, 0.6) is 5.75 Å². The number of ether oxygens (including phenoxy) is 1. The van der Waals surface area contributed by atoms with E-state index in [0.717, 1.165) is 22.6 Å². The summed E-state index contributed by atoms with van der Waals surface area (Å²) < 4.78 is 5.98. The van der Waals surface area contributed by atoms with Crippen LogP contribution in [-0.4, -0.2) is 16.8 Å². The van der Waals surface area contributed by atoms with Gasteiger partial charge in [-0.05, 0) is 49.8 Å². The summed E-state index contributed by atoms with van der Waals surface area (Å²) in [6.07, 6.45) is 1.89. The minimum absolute atomic E-state index is 0.0873. The maximum atomic E-state index is 12.7. The van der Waals surface area contributed by atoms with Crippen LogP contribution in [0.15, 0.2) is 53.4 Å². The van der Waals surface area contributed by atoms with Gasteiger partial charge in [0.05, 0.1) is 17.2 Å². The topological polar surface area (TPSA) is 29.5 Å². The Morgan fingerprint density at radius 2 is 1.96 bits per heavy atom. The van der Waals surface area contributed by atoms with Gasteiger partial charge >= 0.3 is 0 Å². The van der Waals surface area contributed by atoms with Crippen LogP contribution < -0.4 is 9.64 Å². The van der Waals surface area contributed by atoms with Crippen molar-refractivity contribution in [1.82, 2.24) is 0 Å². The molecule has 1 amide bonds. The molecule has 1 fully saturated rings. The Hall–Kier alpha value is -2.11. The highest BCUT2D eigenvalue weighted by Gasteiger charge is 2.33. The van der Waals surface area contributed by atoms with E-state index in [1.165, 1.54) is 11.8 Å². The summed E-state index contributed by atoms with van der Waals surface area (Å²) in [6.45, 7) is 4.58. The molecule has 0 N–H and O–H groups in total. The first-order valence-corrected chi connectivity index (χ1v) is 8.88. The van der Waals surface area contributed by atoms with E-state index in [9.17, 15) is 4.79 Å². The second-order valence-corrected chi connectivity index (χ2v) is 7.03. The highest BCUT2D eigenvalue weighted by molar-refractivity contribution is 8.27. The second kappa shape index (κ2) is 7.20. The van der Waals surface area contributed by atoms with Crippen molar-refractivity contribution in [1.29, 1.82) is 0 Å². The van der Waals surface area contributed by atoms with Crippen molar-refractivity contribution in [2.75, 3.05) is 11.5 Å². The molecule has 24 heavy (non-hydrogen) atoms. The molecule has 1 aliphatic heterocycles. The second-order valence-electron chi connectivity index (χ2n) is 5.36. The normalized spacial score (nSPS) is 16.1. The third-order valence-corrected chi connectivity index (χ3v) is 4.84. The van der Waals surface area contributed by atoms with Gasteiger partial charge in [0.2, 0.25) is 0 Å². The number of benzene rings is 2. The van der Waals surface area contributed by atoms with Crippen molar-refractivity contribution in [2.24, 2.45) is 0 Å². The zero-order valence-corrected chi connectivity index (χ0v) is 15.1. The number of rotatable bonds is 4. The average Bonchev–Trinajstić information content (AvgIpc) is 2.83. The molecule has 122 valence electrons. The van der Waals surface area contributed by atoms with Gasteiger partial charge in [0, 0.05) is 0 Å². The van der Waals surface area contributed by atoms with E-state index in [1.807, 2.05) is 68.5 Å². The molecule has 1 heterocycles. The zero-order chi connectivity index (χ0) is 17.1. The number of carbonyl (C=O) groups excluding carboxylic acids is 1. The monoisotopic (exact) mass is 355 g/mol. The van der Waals surface area contributed by atoms with Gasteiger partial charge in [-0.25, -0.2) is 0 Å². The molecule has 2 aromatic carbocycles. The molecular formula is C19H17NO2S2. The summed E-state index contributed by atoms with van der Waals surface area (Å²) in [6, 6.07) is 15.4. The maximum absolute atomic E-state index is 12.7. The highest BCUT2D eigenvalue weighted by atomic mass is 32.2. The SMILES string of the molecule is CCOc1ccc(N2C(=O)/C(=C/c3cccc(C)c3)SC2=S)cc1. The van der Waals surface area contributed by atoms with Crippen LogP contribution in [0.3, 0.4) is 0 Å². The van der Waals surface area contributed by atoms with Gasteiger partial charge in [-0.3, -0.25) is 9.69 Å². The summed E-state index contributed by atoms with van der Waals surface area (Å²) >= 11 is 6.73. The number of nitrogens with zero attached hydrogens (tertiary/aromatic N) is 1. The van der Waals surface area contributed by atoms with Crippen LogP contribution in [0.1, 0.15) is 18.1 Å². The number of anilines is 1. The number of aryl methyl sites for hydroxylation is 1. The van der Waals surface area contributed by atoms with E-state index < -0.39 is 0 Å². The fourth-order valence-corrected chi connectivity index (χ4v) is 3.76. The molecule has 0 aliphatic carbocycles. The zero-order valence-electron chi connectivity index (χ0n) is 13.5. The van der Waals surface area contributed by atoms with E-state index in [0.29, 0.717) is 15.8 Å². The Kier molecular flexibility index (Phi) is 5.02. The number of thiocarbonyl (C=S) groups is 1. The van der Waals surface area contributed by atoms with E-state index in [1.54, 1.807) is 4.90 Å². The van der Waals surface area contributed by atoms with Crippen molar-refractivity contribution in [2.45, 2.75) is 13.8 Å². The van der Waals surface area contributed by atoms with E-state index in [4.69, 9.17) is 17.0 Å².